The normalized spacial score (nSPS) is 48.1. The summed E-state index contributed by atoms with van der Waals surface area (Å²) in [5, 5.41) is 85.5. The molecule has 0 saturated carbocycles. The number of nitrogens with two attached hydrogens (primary N) is 2. The molecule has 3 saturated heterocycles. The number of carbonyl (C=O) groups is 1. The molecule has 18 nitrogen and oxygen atoms in total. The van der Waals surface area contributed by atoms with E-state index in [9.17, 15) is 45.6 Å². The number of nitrogens with zero attached hydrogens (tertiary/aromatic N) is 1. The molecular formula is C22H40N4O14. The van der Waals surface area contributed by atoms with E-state index in [1.165, 1.54) is 0 Å². The van der Waals surface area contributed by atoms with Crippen LogP contribution in [0.1, 0.15) is 19.8 Å². The molecule has 0 aromatic rings. The molecule has 0 amide bonds. The van der Waals surface area contributed by atoms with Crippen molar-refractivity contribution in [1.82, 2.24) is 0 Å². The summed E-state index contributed by atoms with van der Waals surface area (Å²) < 4.78 is 27.9. The minimum absolute atomic E-state index is 0.119. The Morgan fingerprint density at radius 1 is 0.900 bits per heavy atom. The van der Waals surface area contributed by atoms with E-state index >= 15 is 0 Å². The van der Waals surface area contributed by atoms with Crippen molar-refractivity contribution in [3.05, 3.63) is 0 Å². The number of hydrogen-bond acceptors (Lipinski definition) is 18. The highest BCUT2D eigenvalue weighted by Gasteiger charge is 2.59. The Morgan fingerprint density at radius 3 is 2.02 bits per heavy atom. The summed E-state index contributed by atoms with van der Waals surface area (Å²) in [4.78, 5) is 12.8. The molecule has 0 aromatic carbocycles. The van der Waals surface area contributed by atoms with Crippen LogP contribution >= 0.6 is 0 Å². The molecule has 3 aliphatic rings. The molecular weight excluding hydrogens is 544 g/mol. The molecule has 0 radical (unpaired) electrons. The zero-order valence-corrected chi connectivity index (χ0v) is 21.7. The highest BCUT2D eigenvalue weighted by atomic mass is 16.7. The third-order valence-electron chi connectivity index (χ3n) is 7.49. The Labute approximate surface area is 228 Å². The van der Waals surface area contributed by atoms with Crippen LogP contribution in [0.2, 0.25) is 0 Å². The van der Waals surface area contributed by atoms with Gasteiger partial charge in [-0.25, -0.2) is 5.53 Å². The van der Waals surface area contributed by atoms with Crippen molar-refractivity contribution >= 4 is 5.78 Å². The molecule has 3 aliphatic heterocycles. The summed E-state index contributed by atoms with van der Waals surface area (Å²) in [6.07, 6.45) is -17.5. The summed E-state index contributed by atoms with van der Waals surface area (Å²) in [7, 11) is 0. The number of rotatable bonds is 11. The molecule has 13 N–H and O–H groups in total. The minimum Gasteiger partial charge on any atom is -0.394 e. The van der Waals surface area contributed by atoms with E-state index < -0.39 is 117 Å². The fourth-order valence-corrected chi connectivity index (χ4v) is 5.06. The van der Waals surface area contributed by atoms with Gasteiger partial charge in [-0.1, -0.05) is 6.92 Å². The Kier molecular flexibility index (Phi) is 11.4. The molecule has 0 aromatic heterocycles. The fourth-order valence-electron chi connectivity index (χ4n) is 5.06. The van der Waals surface area contributed by atoms with E-state index in [1.54, 1.807) is 6.92 Å². The van der Waals surface area contributed by atoms with Crippen LogP contribution in [0.25, 0.3) is 0 Å². The van der Waals surface area contributed by atoms with E-state index in [2.05, 4.69) is 5.11 Å². The van der Waals surface area contributed by atoms with Gasteiger partial charge in [0, 0.05) is 6.42 Å². The van der Waals surface area contributed by atoms with Crippen molar-refractivity contribution in [2.45, 2.75) is 111 Å². The van der Waals surface area contributed by atoms with Gasteiger partial charge in [-0.3, -0.25) is 4.79 Å². The molecule has 2 unspecified atom stereocenters. The van der Waals surface area contributed by atoms with Crippen molar-refractivity contribution in [2.24, 2.45) is 16.6 Å². The molecule has 0 aliphatic carbocycles. The average Bonchev–Trinajstić information content (AvgIpc) is 2.94. The first-order valence-electron chi connectivity index (χ1n) is 12.9. The van der Waals surface area contributed by atoms with Gasteiger partial charge in [-0.2, -0.15) is 5.11 Å². The van der Waals surface area contributed by atoms with Crippen molar-refractivity contribution in [3.8, 4) is 0 Å². The SMILES string of the molecule is CCCC(=O)[C@]1(CO)O[C@H](OC2[C@@H](CO)O[C@@H](OC3[C@@H](CO)O[C@@H](O)[C@H](N)[C@H]3O)[C@H](N=N)[C@H]2O)[C@H](N)[C@@H](O)[C@@H]1O. The van der Waals surface area contributed by atoms with Gasteiger partial charge in [0.15, 0.2) is 30.3 Å². The van der Waals surface area contributed by atoms with Gasteiger partial charge in [-0.15, -0.1) is 0 Å². The third kappa shape index (κ3) is 6.07. The molecule has 232 valence electrons. The molecule has 18 heteroatoms. The Balaban J connectivity index is 1.84. The maximum atomic E-state index is 12.8. The molecule has 3 rings (SSSR count). The third-order valence-corrected chi connectivity index (χ3v) is 7.49. The number of aliphatic hydroxyl groups is 8. The molecule has 15 atom stereocenters. The number of hydrogen-bond donors (Lipinski definition) is 11. The van der Waals surface area contributed by atoms with Crippen LogP contribution in [-0.2, 0) is 28.5 Å². The molecule has 3 heterocycles. The van der Waals surface area contributed by atoms with Gasteiger partial charge < -0.3 is 76.0 Å². The van der Waals surface area contributed by atoms with Crippen molar-refractivity contribution in [3.63, 3.8) is 0 Å². The van der Waals surface area contributed by atoms with Gasteiger partial charge in [0.2, 0.25) is 0 Å². The number of Topliss-reactive ketones (excluding diaryl/α,β-unsaturated/α-hetero) is 1. The summed E-state index contributed by atoms with van der Waals surface area (Å²) in [6.45, 7) is -0.882. The van der Waals surface area contributed by atoms with Crippen LogP contribution in [-0.4, -0.2) is 158 Å². The number of nitrogens with one attached hydrogen (secondary N) is 1. The van der Waals surface area contributed by atoms with Crippen LogP contribution in [0, 0.1) is 5.53 Å². The lowest BCUT2D eigenvalue weighted by Crippen LogP contribution is -2.72. The zero-order chi connectivity index (χ0) is 29.9. The second-order valence-electron chi connectivity index (χ2n) is 10.1. The lowest BCUT2D eigenvalue weighted by molar-refractivity contribution is -0.356. The Hall–Kier alpha value is -1.33. The Morgan fingerprint density at radius 2 is 1.48 bits per heavy atom. The standard InChI is InChI=1S/C22H40N4O14/c1-2-3-9(30)22(6-29)18(34)14(32)11(24)20(40-22)38-17-8(5-28)37-21(12(26-25)15(17)33)39-16-7(4-27)36-19(35)10(23)13(16)31/h7-8,10-21,25,27-29,31-35H,2-6,23-24H2,1H3/t7-,8-,10-,11-,12-,13-,14-,15-,16?,17?,18+,19-,20+,21+,22+/m1/s1. The smallest absolute Gasteiger partial charge is 0.185 e. The van der Waals surface area contributed by atoms with Crippen molar-refractivity contribution in [1.29, 1.82) is 5.53 Å². The summed E-state index contributed by atoms with van der Waals surface area (Å²) >= 11 is 0. The van der Waals surface area contributed by atoms with E-state index in [0.29, 0.717) is 6.42 Å². The van der Waals surface area contributed by atoms with Gasteiger partial charge in [-0.05, 0) is 6.42 Å². The van der Waals surface area contributed by atoms with E-state index in [0.717, 1.165) is 0 Å². The van der Waals surface area contributed by atoms with Crippen LogP contribution in [0.15, 0.2) is 5.11 Å². The summed E-state index contributed by atoms with van der Waals surface area (Å²) in [5.41, 5.74) is 17.0. The first-order valence-corrected chi connectivity index (χ1v) is 12.9. The first kappa shape index (κ1) is 33.2. The predicted molar refractivity (Wildman–Crippen MR) is 127 cm³/mol. The number of ether oxygens (including phenoxy) is 5. The van der Waals surface area contributed by atoms with Crippen molar-refractivity contribution < 1.29 is 69.3 Å². The quantitative estimate of drug-likeness (QED) is 0.101. The number of ketones is 1. The molecule has 3 fully saturated rings. The van der Waals surface area contributed by atoms with Gasteiger partial charge in [0.05, 0.1) is 31.9 Å². The van der Waals surface area contributed by atoms with Crippen LogP contribution in [0.5, 0.6) is 0 Å². The van der Waals surface area contributed by atoms with Crippen LogP contribution < -0.4 is 11.5 Å². The summed E-state index contributed by atoms with van der Waals surface area (Å²) in [6, 6.07) is -4.41. The largest absolute Gasteiger partial charge is 0.394 e. The zero-order valence-electron chi connectivity index (χ0n) is 21.7. The van der Waals surface area contributed by atoms with Gasteiger partial charge in [0.25, 0.3) is 0 Å². The van der Waals surface area contributed by atoms with Crippen molar-refractivity contribution in [2.75, 3.05) is 19.8 Å². The maximum Gasteiger partial charge on any atom is 0.185 e. The van der Waals surface area contributed by atoms with Crippen LogP contribution in [0.3, 0.4) is 0 Å². The summed E-state index contributed by atoms with van der Waals surface area (Å²) in [5.74, 6) is -0.730. The van der Waals surface area contributed by atoms with E-state index in [1.807, 2.05) is 0 Å². The average molecular weight is 585 g/mol. The number of carbonyl (C=O) groups excluding carboxylic acids is 1. The van der Waals surface area contributed by atoms with E-state index in [4.69, 9.17) is 40.7 Å². The topological polar surface area (TPSA) is 313 Å². The highest BCUT2D eigenvalue weighted by molar-refractivity contribution is 5.88. The lowest BCUT2D eigenvalue weighted by atomic mass is 9.81. The van der Waals surface area contributed by atoms with Gasteiger partial charge >= 0.3 is 0 Å². The number of aliphatic hydroxyl groups excluding tert-OH is 8. The van der Waals surface area contributed by atoms with Crippen LogP contribution in [0.4, 0.5) is 0 Å². The minimum atomic E-state index is -2.30. The predicted octanol–water partition coefficient (Wildman–Crippen LogP) is -5.86. The molecule has 0 bridgehead atoms. The first-order chi connectivity index (χ1) is 18.9. The molecule has 40 heavy (non-hydrogen) atoms. The lowest BCUT2D eigenvalue weighted by Gasteiger charge is -2.50. The van der Waals surface area contributed by atoms with Gasteiger partial charge in [0.1, 0.15) is 54.9 Å². The maximum absolute atomic E-state index is 12.8. The fraction of sp³-hybridized carbons (Fsp3) is 0.955. The second kappa shape index (κ2) is 13.8. The molecule has 0 spiro atoms. The van der Waals surface area contributed by atoms with E-state index in [-0.39, 0.29) is 6.42 Å². The highest BCUT2D eigenvalue weighted by Crippen LogP contribution is 2.36. The second-order valence-corrected chi connectivity index (χ2v) is 10.1. The Bertz CT molecular complexity index is 858. The monoisotopic (exact) mass is 584 g/mol.